The van der Waals surface area contributed by atoms with Crippen LogP contribution in [0.15, 0.2) is 23.1 Å². The largest absolute Gasteiger partial charge is 0.398 e. The molecule has 5 nitrogen and oxygen atoms in total. The highest BCUT2D eigenvalue weighted by molar-refractivity contribution is 7.89. The zero-order valence-corrected chi connectivity index (χ0v) is 13.9. The lowest BCUT2D eigenvalue weighted by atomic mass is 10.2. The predicted molar refractivity (Wildman–Crippen MR) is 85.7 cm³/mol. The fourth-order valence-corrected chi connectivity index (χ4v) is 4.28. The van der Waals surface area contributed by atoms with E-state index in [-0.39, 0.29) is 4.90 Å². The van der Waals surface area contributed by atoms with Gasteiger partial charge in [-0.15, -0.1) is 0 Å². The fraction of sp³-hybridized carbons (Fsp3) is 0.600. The molecular formula is C15H25N3O2S. The standard InChI is InChI=1S/C15H25N3O2S/c1-4-18-9-5-6-13(18)11-17(3)21(19,20)15-8-7-12(2)10-14(15)16/h7-8,10,13H,4-6,9,11,16H2,1-3H3. The van der Waals surface area contributed by atoms with E-state index in [1.807, 2.05) is 6.92 Å². The molecule has 0 aliphatic carbocycles. The summed E-state index contributed by atoms with van der Waals surface area (Å²) in [6, 6.07) is 5.39. The number of benzene rings is 1. The van der Waals surface area contributed by atoms with Gasteiger partial charge in [-0.25, -0.2) is 8.42 Å². The third-order valence-corrected chi connectivity index (χ3v) is 6.12. The Bertz CT molecular complexity index is 601. The van der Waals surface area contributed by atoms with E-state index in [2.05, 4.69) is 11.8 Å². The van der Waals surface area contributed by atoms with Gasteiger partial charge in [0.25, 0.3) is 0 Å². The molecule has 1 saturated heterocycles. The fourth-order valence-electron chi connectivity index (χ4n) is 2.98. The molecule has 1 aliphatic rings. The minimum atomic E-state index is -3.52. The van der Waals surface area contributed by atoms with Crippen molar-refractivity contribution in [1.82, 2.24) is 9.21 Å². The Labute approximate surface area is 127 Å². The van der Waals surface area contributed by atoms with Gasteiger partial charge in [0.2, 0.25) is 10.0 Å². The van der Waals surface area contributed by atoms with Crippen LogP contribution in [0.3, 0.4) is 0 Å². The average Bonchev–Trinajstić information content (AvgIpc) is 2.85. The molecule has 1 atom stereocenters. The SMILES string of the molecule is CCN1CCCC1CN(C)S(=O)(=O)c1ccc(C)cc1N. The van der Waals surface area contributed by atoms with Crippen LogP contribution in [0.25, 0.3) is 0 Å². The topological polar surface area (TPSA) is 66.6 Å². The Balaban J connectivity index is 2.18. The Hall–Kier alpha value is -1.11. The molecule has 6 heteroatoms. The number of hydrogen-bond donors (Lipinski definition) is 1. The Morgan fingerprint density at radius 3 is 2.76 bits per heavy atom. The monoisotopic (exact) mass is 311 g/mol. The van der Waals surface area contributed by atoms with Gasteiger partial charge in [0.1, 0.15) is 4.90 Å². The van der Waals surface area contributed by atoms with Gasteiger partial charge in [-0.3, -0.25) is 4.90 Å². The molecule has 1 aromatic carbocycles. The van der Waals surface area contributed by atoms with E-state index in [9.17, 15) is 8.42 Å². The molecule has 1 aromatic rings. The minimum absolute atomic E-state index is 0.205. The number of sulfonamides is 1. The molecule has 118 valence electrons. The molecule has 1 heterocycles. The molecule has 1 unspecified atom stereocenters. The van der Waals surface area contributed by atoms with Crippen molar-refractivity contribution in [3.63, 3.8) is 0 Å². The first kappa shape index (κ1) is 16.3. The third kappa shape index (κ3) is 3.39. The van der Waals surface area contributed by atoms with Crippen molar-refractivity contribution in [2.24, 2.45) is 0 Å². The number of nitrogen functional groups attached to an aromatic ring is 1. The van der Waals surface area contributed by atoms with Crippen molar-refractivity contribution in [2.45, 2.75) is 37.6 Å². The number of nitrogens with zero attached hydrogens (tertiary/aromatic N) is 2. The molecule has 1 fully saturated rings. The smallest absolute Gasteiger partial charge is 0.244 e. The lowest BCUT2D eigenvalue weighted by Crippen LogP contribution is -2.41. The second kappa shape index (κ2) is 6.34. The number of hydrogen-bond acceptors (Lipinski definition) is 4. The van der Waals surface area contributed by atoms with Gasteiger partial charge in [-0.2, -0.15) is 4.31 Å². The van der Waals surface area contributed by atoms with Crippen LogP contribution in [0.4, 0.5) is 5.69 Å². The van der Waals surface area contributed by atoms with Crippen LogP contribution >= 0.6 is 0 Å². The quantitative estimate of drug-likeness (QED) is 0.840. The summed E-state index contributed by atoms with van der Waals surface area (Å²) < 4.78 is 26.8. The molecule has 0 aromatic heterocycles. The first-order valence-electron chi connectivity index (χ1n) is 7.42. The van der Waals surface area contributed by atoms with E-state index in [1.54, 1.807) is 25.2 Å². The second-order valence-corrected chi connectivity index (χ2v) is 7.76. The molecule has 2 N–H and O–H groups in total. The lowest BCUT2D eigenvalue weighted by molar-refractivity contribution is 0.238. The maximum atomic E-state index is 12.7. The minimum Gasteiger partial charge on any atom is -0.398 e. The average molecular weight is 311 g/mol. The molecule has 2 rings (SSSR count). The van der Waals surface area contributed by atoms with Crippen molar-refractivity contribution in [1.29, 1.82) is 0 Å². The summed E-state index contributed by atoms with van der Waals surface area (Å²) in [4.78, 5) is 2.54. The zero-order chi connectivity index (χ0) is 15.6. The number of rotatable bonds is 5. The normalized spacial score (nSPS) is 20.3. The van der Waals surface area contributed by atoms with E-state index in [4.69, 9.17) is 5.73 Å². The van der Waals surface area contributed by atoms with Crippen molar-refractivity contribution < 1.29 is 8.42 Å². The molecule has 0 amide bonds. The van der Waals surface area contributed by atoms with Gasteiger partial charge >= 0.3 is 0 Å². The number of likely N-dealkylation sites (N-methyl/N-ethyl adjacent to an activating group) is 2. The van der Waals surface area contributed by atoms with E-state index in [1.165, 1.54) is 4.31 Å². The van der Waals surface area contributed by atoms with Crippen LogP contribution in [0, 0.1) is 6.92 Å². The summed E-state index contributed by atoms with van der Waals surface area (Å²) in [6.45, 7) is 6.55. The summed E-state index contributed by atoms with van der Waals surface area (Å²) >= 11 is 0. The highest BCUT2D eigenvalue weighted by Gasteiger charge is 2.30. The third-order valence-electron chi connectivity index (χ3n) is 4.23. The van der Waals surface area contributed by atoms with Crippen molar-refractivity contribution in [3.8, 4) is 0 Å². The highest BCUT2D eigenvalue weighted by atomic mass is 32.2. The van der Waals surface area contributed by atoms with Gasteiger partial charge in [0, 0.05) is 19.6 Å². The predicted octanol–water partition coefficient (Wildman–Crippen LogP) is 1.68. The van der Waals surface area contributed by atoms with E-state index < -0.39 is 10.0 Å². The van der Waals surface area contributed by atoms with Gasteiger partial charge in [0.05, 0.1) is 5.69 Å². The Morgan fingerprint density at radius 1 is 1.43 bits per heavy atom. The first-order chi connectivity index (χ1) is 9.86. The molecule has 0 saturated carbocycles. The maximum Gasteiger partial charge on any atom is 0.244 e. The van der Waals surface area contributed by atoms with Crippen LogP contribution in [-0.2, 0) is 10.0 Å². The van der Waals surface area contributed by atoms with E-state index in [0.29, 0.717) is 18.3 Å². The number of aryl methyl sites for hydroxylation is 1. The number of likely N-dealkylation sites (tertiary alicyclic amines) is 1. The van der Waals surface area contributed by atoms with Gasteiger partial charge in [-0.05, 0) is 50.6 Å². The van der Waals surface area contributed by atoms with Gasteiger partial charge in [-0.1, -0.05) is 13.0 Å². The van der Waals surface area contributed by atoms with Crippen molar-refractivity contribution >= 4 is 15.7 Å². The Kier molecular flexibility index (Phi) is 4.91. The van der Waals surface area contributed by atoms with Crippen LogP contribution < -0.4 is 5.73 Å². The van der Waals surface area contributed by atoms with Gasteiger partial charge < -0.3 is 5.73 Å². The molecule has 0 bridgehead atoms. The molecule has 21 heavy (non-hydrogen) atoms. The summed E-state index contributed by atoms with van der Waals surface area (Å²) in [6.07, 6.45) is 2.19. The number of nitrogens with two attached hydrogens (primary N) is 1. The highest BCUT2D eigenvalue weighted by Crippen LogP contribution is 2.25. The summed E-state index contributed by atoms with van der Waals surface area (Å²) in [5, 5.41) is 0. The molecule has 0 spiro atoms. The summed E-state index contributed by atoms with van der Waals surface area (Å²) in [5.74, 6) is 0. The first-order valence-corrected chi connectivity index (χ1v) is 8.86. The molecular weight excluding hydrogens is 286 g/mol. The van der Waals surface area contributed by atoms with E-state index in [0.717, 1.165) is 31.5 Å². The summed E-state index contributed by atoms with van der Waals surface area (Å²) in [7, 11) is -1.88. The Morgan fingerprint density at radius 2 is 2.14 bits per heavy atom. The van der Waals surface area contributed by atoms with Crippen LogP contribution in [-0.4, -0.2) is 50.3 Å². The maximum absolute atomic E-state index is 12.7. The number of anilines is 1. The lowest BCUT2D eigenvalue weighted by Gasteiger charge is -2.27. The second-order valence-electron chi connectivity index (χ2n) is 5.75. The van der Waals surface area contributed by atoms with Gasteiger partial charge in [0.15, 0.2) is 0 Å². The van der Waals surface area contributed by atoms with Crippen LogP contribution in [0.5, 0.6) is 0 Å². The van der Waals surface area contributed by atoms with Crippen LogP contribution in [0.1, 0.15) is 25.3 Å². The molecule has 1 aliphatic heterocycles. The van der Waals surface area contributed by atoms with Crippen LogP contribution in [0.2, 0.25) is 0 Å². The van der Waals surface area contributed by atoms with Crippen molar-refractivity contribution in [3.05, 3.63) is 23.8 Å². The van der Waals surface area contributed by atoms with Crippen molar-refractivity contribution in [2.75, 3.05) is 32.4 Å². The zero-order valence-electron chi connectivity index (χ0n) is 13.0. The van der Waals surface area contributed by atoms with E-state index >= 15 is 0 Å². The summed E-state index contributed by atoms with van der Waals surface area (Å²) in [5.41, 5.74) is 7.17. The molecule has 0 radical (unpaired) electrons.